The van der Waals surface area contributed by atoms with E-state index in [2.05, 4.69) is 15.0 Å². The SMILES string of the molecule is CCOCCOc1ccnc(C[S+]([O-])c2nc3cc(C(F)(F)F)ccc3[nH]2)c1C.[Na]. The third-order valence-corrected chi connectivity index (χ3v) is 5.38. The third kappa shape index (κ3) is 6.12. The van der Waals surface area contributed by atoms with Crippen LogP contribution in [0.5, 0.6) is 5.75 Å². The number of benzene rings is 1. The Hall–Kier alpha value is -1.30. The van der Waals surface area contributed by atoms with E-state index < -0.39 is 22.9 Å². The van der Waals surface area contributed by atoms with Crippen molar-refractivity contribution < 1.29 is 27.2 Å². The molecular formula is C19H20F3N3NaO3S. The molecule has 6 nitrogen and oxygen atoms in total. The van der Waals surface area contributed by atoms with Gasteiger partial charge in [0.15, 0.2) is 5.75 Å². The number of halogens is 3. The van der Waals surface area contributed by atoms with Gasteiger partial charge in [0.1, 0.15) is 12.4 Å². The maximum Gasteiger partial charge on any atom is 0.416 e. The molecule has 11 heteroatoms. The average Bonchev–Trinajstić information content (AvgIpc) is 3.10. The van der Waals surface area contributed by atoms with Gasteiger partial charge in [-0.2, -0.15) is 18.2 Å². The molecule has 0 amide bonds. The molecule has 1 N–H and O–H groups in total. The summed E-state index contributed by atoms with van der Waals surface area (Å²) in [5.74, 6) is 0.673. The quantitative estimate of drug-likeness (QED) is 0.322. The second-order valence-corrected chi connectivity index (χ2v) is 7.55. The molecule has 2 heterocycles. The molecule has 157 valence electrons. The van der Waals surface area contributed by atoms with Crippen molar-refractivity contribution in [1.29, 1.82) is 0 Å². The van der Waals surface area contributed by atoms with Gasteiger partial charge >= 0.3 is 11.3 Å². The number of fused-ring (bicyclic) bond motifs is 1. The Morgan fingerprint density at radius 2 is 1.97 bits per heavy atom. The number of alkyl halides is 3. The number of aromatic nitrogens is 3. The first kappa shape index (κ1) is 25.0. The number of nitrogens with one attached hydrogen (secondary N) is 1. The van der Waals surface area contributed by atoms with Crippen LogP contribution in [0.25, 0.3) is 11.0 Å². The van der Waals surface area contributed by atoms with Gasteiger partial charge in [-0.25, -0.2) is 0 Å². The predicted molar refractivity (Wildman–Crippen MR) is 108 cm³/mol. The van der Waals surface area contributed by atoms with E-state index in [-0.39, 0.29) is 46.0 Å². The standard InChI is InChI=1S/C19H20F3N3O3S.Na/c1-3-27-8-9-28-17-6-7-23-16(12(17)2)11-29(26)18-24-14-5-4-13(19(20,21)22)10-15(14)25-18;/h4-7,10H,3,8-9,11H2,1-2H3,(H,24,25);. The number of hydrogen-bond donors (Lipinski definition) is 1. The van der Waals surface area contributed by atoms with Gasteiger partial charge in [-0.15, -0.1) is 0 Å². The van der Waals surface area contributed by atoms with Crippen molar-refractivity contribution in [2.24, 2.45) is 0 Å². The van der Waals surface area contributed by atoms with Crippen LogP contribution in [0.15, 0.2) is 35.6 Å². The monoisotopic (exact) mass is 450 g/mol. The van der Waals surface area contributed by atoms with Crippen LogP contribution < -0.4 is 4.74 Å². The molecule has 0 fully saturated rings. The molecule has 1 radical (unpaired) electrons. The fourth-order valence-corrected chi connectivity index (χ4v) is 3.77. The van der Waals surface area contributed by atoms with E-state index in [1.165, 1.54) is 6.07 Å². The van der Waals surface area contributed by atoms with Gasteiger partial charge < -0.3 is 14.0 Å². The summed E-state index contributed by atoms with van der Waals surface area (Å²) in [6, 6.07) is 4.89. The summed E-state index contributed by atoms with van der Waals surface area (Å²) in [6.45, 7) is 5.15. The van der Waals surface area contributed by atoms with Crippen LogP contribution in [0, 0.1) is 6.92 Å². The number of H-pyrrole nitrogens is 1. The largest absolute Gasteiger partial charge is 0.609 e. The second-order valence-electron chi connectivity index (χ2n) is 6.19. The molecular weight excluding hydrogens is 430 g/mol. The molecule has 0 bridgehead atoms. The number of pyridine rings is 1. The van der Waals surface area contributed by atoms with Crippen LogP contribution in [0.3, 0.4) is 0 Å². The van der Waals surface area contributed by atoms with Gasteiger partial charge in [0.05, 0.1) is 28.9 Å². The van der Waals surface area contributed by atoms with E-state index in [1.807, 2.05) is 13.8 Å². The molecule has 3 aromatic rings. The topological polar surface area (TPSA) is 83.1 Å². The van der Waals surface area contributed by atoms with Gasteiger partial charge in [0, 0.05) is 59.1 Å². The van der Waals surface area contributed by atoms with E-state index in [0.29, 0.717) is 36.8 Å². The third-order valence-electron chi connectivity index (χ3n) is 4.22. The molecule has 30 heavy (non-hydrogen) atoms. The minimum Gasteiger partial charge on any atom is -0.609 e. The molecule has 2 aromatic heterocycles. The van der Waals surface area contributed by atoms with Crippen molar-refractivity contribution in [3.8, 4) is 5.75 Å². The fourth-order valence-electron chi connectivity index (χ4n) is 2.67. The molecule has 0 spiro atoms. The molecule has 0 aliphatic carbocycles. The molecule has 1 aromatic carbocycles. The van der Waals surface area contributed by atoms with Crippen molar-refractivity contribution in [2.45, 2.75) is 30.9 Å². The fraction of sp³-hybridized carbons (Fsp3) is 0.368. The first-order valence-corrected chi connectivity index (χ1v) is 10.2. The number of aromatic amines is 1. The summed E-state index contributed by atoms with van der Waals surface area (Å²) in [7, 11) is 0. The van der Waals surface area contributed by atoms with Crippen LogP contribution in [0.2, 0.25) is 0 Å². The van der Waals surface area contributed by atoms with Crippen LogP contribution in [-0.4, -0.2) is 68.9 Å². The summed E-state index contributed by atoms with van der Waals surface area (Å²) in [6.07, 6.45) is -2.90. The van der Waals surface area contributed by atoms with E-state index >= 15 is 0 Å². The molecule has 1 unspecified atom stereocenters. The van der Waals surface area contributed by atoms with Gasteiger partial charge in [-0.1, -0.05) is 0 Å². The zero-order valence-corrected chi connectivity index (χ0v) is 19.7. The molecule has 0 saturated heterocycles. The summed E-state index contributed by atoms with van der Waals surface area (Å²) < 4.78 is 62.2. The number of imidazole rings is 1. The summed E-state index contributed by atoms with van der Waals surface area (Å²) >= 11 is -1.61. The van der Waals surface area contributed by atoms with E-state index in [0.717, 1.165) is 17.7 Å². The number of nitrogens with zero attached hydrogens (tertiary/aromatic N) is 2. The van der Waals surface area contributed by atoms with Gasteiger partial charge in [-0.05, 0) is 38.1 Å². The molecule has 0 saturated carbocycles. The normalized spacial score (nSPS) is 12.6. The van der Waals surface area contributed by atoms with E-state index in [4.69, 9.17) is 9.47 Å². The Morgan fingerprint density at radius 3 is 2.67 bits per heavy atom. The van der Waals surface area contributed by atoms with E-state index in [9.17, 15) is 17.7 Å². The van der Waals surface area contributed by atoms with Crippen LogP contribution >= 0.6 is 0 Å². The summed E-state index contributed by atoms with van der Waals surface area (Å²) in [4.78, 5) is 11.2. The Balaban J connectivity index is 0.00000320. The Morgan fingerprint density at radius 1 is 1.20 bits per heavy atom. The van der Waals surface area contributed by atoms with Crippen LogP contribution in [0.4, 0.5) is 13.2 Å². The Bertz CT molecular complexity index is 985. The molecule has 0 aliphatic rings. The zero-order valence-electron chi connectivity index (χ0n) is 16.9. The summed E-state index contributed by atoms with van der Waals surface area (Å²) in [5, 5.41) is 0.100. The molecule has 3 rings (SSSR count). The minimum absolute atomic E-state index is 0. The predicted octanol–water partition coefficient (Wildman–Crippen LogP) is 3.63. The second kappa shape index (κ2) is 10.8. The molecule has 1 atom stereocenters. The maximum absolute atomic E-state index is 12.9. The minimum atomic E-state index is -4.46. The Kier molecular flexibility index (Phi) is 9.01. The number of rotatable bonds is 8. The summed E-state index contributed by atoms with van der Waals surface area (Å²) in [5.41, 5.74) is 1.00. The average molecular weight is 450 g/mol. The van der Waals surface area contributed by atoms with Crippen molar-refractivity contribution >= 4 is 51.8 Å². The van der Waals surface area contributed by atoms with Crippen molar-refractivity contribution in [3.05, 3.63) is 47.3 Å². The van der Waals surface area contributed by atoms with Crippen molar-refractivity contribution in [3.63, 3.8) is 0 Å². The van der Waals surface area contributed by atoms with Crippen LogP contribution in [0.1, 0.15) is 23.7 Å². The Labute approximate surface area is 197 Å². The van der Waals surface area contributed by atoms with Gasteiger partial charge in [0.25, 0.3) is 0 Å². The first-order chi connectivity index (χ1) is 13.8. The smallest absolute Gasteiger partial charge is 0.416 e. The van der Waals surface area contributed by atoms with Crippen molar-refractivity contribution in [2.75, 3.05) is 19.8 Å². The van der Waals surface area contributed by atoms with Crippen LogP contribution in [-0.2, 0) is 27.8 Å². The first-order valence-electron chi connectivity index (χ1n) is 8.90. The maximum atomic E-state index is 12.9. The van der Waals surface area contributed by atoms with E-state index in [1.54, 1.807) is 12.3 Å². The van der Waals surface area contributed by atoms with Gasteiger partial charge in [-0.3, -0.25) is 9.97 Å². The van der Waals surface area contributed by atoms with Crippen molar-refractivity contribution in [1.82, 2.24) is 15.0 Å². The molecule has 0 aliphatic heterocycles. The zero-order chi connectivity index (χ0) is 21.0. The number of ether oxygens (including phenoxy) is 2. The van der Waals surface area contributed by atoms with Gasteiger partial charge in [0.2, 0.25) is 0 Å². The number of hydrogen-bond acceptors (Lipinski definition) is 5.